The molecule has 144 valence electrons. The van der Waals surface area contributed by atoms with Crippen molar-refractivity contribution in [2.75, 3.05) is 44.4 Å². The third-order valence-corrected chi connectivity index (χ3v) is 4.10. The molecule has 3 N–H and O–H groups in total. The van der Waals surface area contributed by atoms with E-state index in [1.54, 1.807) is 24.3 Å². The molecule has 2 amide bonds. The molecular formula is C21H28N4O2. The van der Waals surface area contributed by atoms with E-state index >= 15 is 0 Å². The molecular weight excluding hydrogens is 340 g/mol. The van der Waals surface area contributed by atoms with Gasteiger partial charge in [-0.15, -0.1) is 0 Å². The summed E-state index contributed by atoms with van der Waals surface area (Å²) in [6.45, 7) is 5.60. The standard InChI is InChI=1S/C21H28N4O2/c1-15-5-10-19(16(2)13-15)23-14-20(26)24-18-8-6-17(7-9-18)21(27)22-11-12-25(3)4/h5-10,13,23H,11-12,14H2,1-4H3,(H,22,27)(H,24,26). The van der Waals surface area contributed by atoms with Gasteiger partial charge in [0, 0.05) is 30.0 Å². The van der Waals surface area contributed by atoms with E-state index in [0.717, 1.165) is 17.8 Å². The number of carbonyl (C=O) groups excluding carboxylic acids is 2. The van der Waals surface area contributed by atoms with Crippen LogP contribution in [-0.4, -0.2) is 50.4 Å². The summed E-state index contributed by atoms with van der Waals surface area (Å²) in [5, 5.41) is 8.83. The lowest BCUT2D eigenvalue weighted by atomic mass is 10.1. The molecule has 0 aromatic heterocycles. The number of hydrogen-bond acceptors (Lipinski definition) is 4. The lowest BCUT2D eigenvalue weighted by molar-refractivity contribution is -0.114. The van der Waals surface area contributed by atoms with E-state index in [4.69, 9.17) is 0 Å². The van der Waals surface area contributed by atoms with Gasteiger partial charge >= 0.3 is 0 Å². The van der Waals surface area contributed by atoms with Crippen LogP contribution in [0, 0.1) is 13.8 Å². The molecule has 2 rings (SSSR count). The second kappa shape index (κ2) is 9.73. The van der Waals surface area contributed by atoms with Crippen molar-refractivity contribution >= 4 is 23.2 Å². The van der Waals surface area contributed by atoms with Gasteiger partial charge in [0.05, 0.1) is 6.54 Å². The van der Waals surface area contributed by atoms with Crippen molar-refractivity contribution in [2.24, 2.45) is 0 Å². The van der Waals surface area contributed by atoms with Gasteiger partial charge in [0.25, 0.3) is 5.91 Å². The van der Waals surface area contributed by atoms with Crippen LogP contribution in [0.15, 0.2) is 42.5 Å². The average Bonchev–Trinajstić information content (AvgIpc) is 2.61. The van der Waals surface area contributed by atoms with Crippen molar-refractivity contribution in [1.29, 1.82) is 0 Å². The maximum atomic E-state index is 12.1. The fourth-order valence-corrected chi connectivity index (χ4v) is 2.59. The summed E-state index contributed by atoms with van der Waals surface area (Å²) in [4.78, 5) is 26.2. The van der Waals surface area contributed by atoms with Crippen LogP contribution in [0.2, 0.25) is 0 Å². The molecule has 2 aromatic carbocycles. The van der Waals surface area contributed by atoms with E-state index in [9.17, 15) is 9.59 Å². The minimum atomic E-state index is -0.141. The first-order chi connectivity index (χ1) is 12.8. The molecule has 0 unspecified atom stereocenters. The smallest absolute Gasteiger partial charge is 0.251 e. The number of benzene rings is 2. The van der Waals surface area contributed by atoms with Gasteiger partial charge in [-0.2, -0.15) is 0 Å². The third-order valence-electron chi connectivity index (χ3n) is 4.10. The summed E-state index contributed by atoms with van der Waals surface area (Å²) in [7, 11) is 3.91. The highest BCUT2D eigenvalue weighted by Gasteiger charge is 2.07. The van der Waals surface area contributed by atoms with Gasteiger partial charge in [-0.1, -0.05) is 17.7 Å². The Kier molecular flexibility index (Phi) is 7.37. The van der Waals surface area contributed by atoms with E-state index in [0.29, 0.717) is 17.8 Å². The Hall–Kier alpha value is -2.86. The van der Waals surface area contributed by atoms with Crippen LogP contribution in [0.4, 0.5) is 11.4 Å². The number of nitrogens with one attached hydrogen (secondary N) is 3. The van der Waals surface area contributed by atoms with Crippen molar-refractivity contribution in [3.05, 3.63) is 59.2 Å². The van der Waals surface area contributed by atoms with E-state index < -0.39 is 0 Å². The van der Waals surface area contributed by atoms with Gasteiger partial charge in [0.15, 0.2) is 0 Å². The third kappa shape index (κ3) is 6.75. The van der Waals surface area contributed by atoms with Crippen molar-refractivity contribution in [3.8, 4) is 0 Å². The summed E-state index contributed by atoms with van der Waals surface area (Å²) in [5.41, 5.74) is 4.47. The molecule has 0 bridgehead atoms. The molecule has 0 aliphatic heterocycles. The zero-order valence-corrected chi connectivity index (χ0v) is 16.4. The zero-order valence-electron chi connectivity index (χ0n) is 16.4. The maximum Gasteiger partial charge on any atom is 0.251 e. The van der Waals surface area contributed by atoms with Gasteiger partial charge in [0.1, 0.15) is 0 Å². The highest BCUT2D eigenvalue weighted by Crippen LogP contribution is 2.16. The molecule has 6 nitrogen and oxygen atoms in total. The number of nitrogens with zero attached hydrogens (tertiary/aromatic N) is 1. The summed E-state index contributed by atoms with van der Waals surface area (Å²) in [6, 6.07) is 12.9. The van der Waals surface area contributed by atoms with Gasteiger partial charge in [-0.05, 0) is 63.8 Å². The van der Waals surface area contributed by atoms with Crippen LogP contribution in [-0.2, 0) is 4.79 Å². The molecule has 0 saturated heterocycles. The number of amides is 2. The quantitative estimate of drug-likeness (QED) is 0.670. The summed E-state index contributed by atoms with van der Waals surface area (Å²) < 4.78 is 0. The van der Waals surface area contributed by atoms with Crippen LogP contribution in [0.25, 0.3) is 0 Å². The van der Waals surface area contributed by atoms with Crippen molar-refractivity contribution in [2.45, 2.75) is 13.8 Å². The van der Waals surface area contributed by atoms with Crippen molar-refractivity contribution < 1.29 is 9.59 Å². The molecule has 0 spiro atoms. The van der Waals surface area contributed by atoms with E-state index in [2.05, 4.69) is 22.0 Å². The first-order valence-corrected chi connectivity index (χ1v) is 8.99. The minimum absolute atomic E-state index is 0.119. The normalized spacial score (nSPS) is 10.6. The molecule has 0 atom stereocenters. The molecule has 0 aliphatic rings. The predicted molar refractivity (Wildman–Crippen MR) is 110 cm³/mol. The Bertz CT molecular complexity index is 785. The zero-order chi connectivity index (χ0) is 19.8. The van der Waals surface area contributed by atoms with Crippen molar-refractivity contribution in [1.82, 2.24) is 10.2 Å². The molecule has 0 fully saturated rings. The summed E-state index contributed by atoms with van der Waals surface area (Å²) >= 11 is 0. The summed E-state index contributed by atoms with van der Waals surface area (Å²) in [5.74, 6) is -0.260. The highest BCUT2D eigenvalue weighted by molar-refractivity contribution is 5.96. The molecule has 0 radical (unpaired) electrons. The largest absolute Gasteiger partial charge is 0.376 e. The topological polar surface area (TPSA) is 73.5 Å². The fourth-order valence-electron chi connectivity index (χ4n) is 2.59. The minimum Gasteiger partial charge on any atom is -0.376 e. The number of hydrogen-bond donors (Lipinski definition) is 3. The SMILES string of the molecule is Cc1ccc(NCC(=O)Nc2ccc(C(=O)NCCN(C)C)cc2)c(C)c1. The summed E-state index contributed by atoms with van der Waals surface area (Å²) in [6.07, 6.45) is 0. The Labute approximate surface area is 161 Å². The second-order valence-corrected chi connectivity index (χ2v) is 6.86. The maximum absolute atomic E-state index is 12.1. The highest BCUT2D eigenvalue weighted by atomic mass is 16.2. The van der Waals surface area contributed by atoms with Gasteiger partial charge in [0.2, 0.25) is 5.91 Å². The molecule has 0 aliphatic carbocycles. The lowest BCUT2D eigenvalue weighted by Gasteiger charge is -2.12. The van der Waals surface area contributed by atoms with Gasteiger partial charge in [-0.25, -0.2) is 0 Å². The average molecular weight is 368 g/mol. The Balaban J connectivity index is 1.82. The van der Waals surface area contributed by atoms with Crippen LogP contribution in [0.5, 0.6) is 0 Å². The van der Waals surface area contributed by atoms with E-state index in [1.165, 1.54) is 5.56 Å². The Morgan fingerprint density at radius 3 is 2.33 bits per heavy atom. The van der Waals surface area contributed by atoms with E-state index in [-0.39, 0.29) is 18.4 Å². The van der Waals surface area contributed by atoms with Crippen LogP contribution >= 0.6 is 0 Å². The van der Waals surface area contributed by atoms with Crippen molar-refractivity contribution in [3.63, 3.8) is 0 Å². The molecule has 0 saturated carbocycles. The monoisotopic (exact) mass is 368 g/mol. The molecule has 2 aromatic rings. The predicted octanol–water partition coefficient (Wildman–Crippen LogP) is 2.65. The Morgan fingerprint density at radius 1 is 1.00 bits per heavy atom. The first-order valence-electron chi connectivity index (χ1n) is 8.99. The van der Waals surface area contributed by atoms with Crippen LogP contribution < -0.4 is 16.0 Å². The molecule has 0 heterocycles. The van der Waals surface area contributed by atoms with Crippen LogP contribution in [0.3, 0.4) is 0 Å². The van der Waals surface area contributed by atoms with Crippen LogP contribution in [0.1, 0.15) is 21.5 Å². The van der Waals surface area contributed by atoms with Gasteiger partial charge in [-0.3, -0.25) is 9.59 Å². The van der Waals surface area contributed by atoms with Gasteiger partial charge < -0.3 is 20.9 Å². The fraction of sp³-hybridized carbons (Fsp3) is 0.333. The second-order valence-electron chi connectivity index (χ2n) is 6.86. The number of carbonyl (C=O) groups is 2. The van der Waals surface area contributed by atoms with E-state index in [1.807, 2.05) is 45.0 Å². The first kappa shape index (κ1) is 20.5. The number of aryl methyl sites for hydroxylation is 2. The number of rotatable bonds is 8. The number of anilines is 2. The molecule has 6 heteroatoms. The lowest BCUT2D eigenvalue weighted by Crippen LogP contribution is -2.31. The Morgan fingerprint density at radius 2 is 1.70 bits per heavy atom. The molecule has 27 heavy (non-hydrogen) atoms. The number of likely N-dealkylation sites (N-methyl/N-ethyl adjacent to an activating group) is 1.